The molecular weight excluding hydrogens is 365 g/mol. The van der Waals surface area contributed by atoms with Crippen molar-refractivity contribution in [1.82, 2.24) is 9.88 Å². The molecule has 2 aromatic rings. The summed E-state index contributed by atoms with van der Waals surface area (Å²) in [6.45, 7) is 3.55. The number of likely N-dealkylation sites (tertiary alicyclic amines) is 1. The lowest BCUT2D eigenvalue weighted by atomic mass is 9.91. The van der Waals surface area contributed by atoms with Crippen molar-refractivity contribution in [1.29, 1.82) is 0 Å². The van der Waals surface area contributed by atoms with Crippen molar-refractivity contribution in [3.8, 4) is 11.3 Å². The minimum absolute atomic E-state index is 0. The largest absolute Gasteiger partial charge is 0.334 e. The maximum Gasteiger partial charge on any atom is 0.254 e. The van der Waals surface area contributed by atoms with Crippen LogP contribution in [-0.4, -0.2) is 34.9 Å². The molecule has 1 aromatic carbocycles. The van der Waals surface area contributed by atoms with Crippen molar-refractivity contribution in [2.24, 2.45) is 11.7 Å². The highest BCUT2D eigenvalue weighted by atomic mass is 35.5. The van der Waals surface area contributed by atoms with E-state index in [1.54, 1.807) is 16.8 Å². The summed E-state index contributed by atoms with van der Waals surface area (Å²) >= 11 is 1.56. The fourth-order valence-corrected chi connectivity index (χ4v) is 3.64. The molecule has 1 aromatic heterocycles. The van der Waals surface area contributed by atoms with Crippen LogP contribution in [-0.2, 0) is 0 Å². The van der Waals surface area contributed by atoms with Gasteiger partial charge in [-0.2, -0.15) is 0 Å². The van der Waals surface area contributed by atoms with Crippen molar-refractivity contribution in [3.63, 3.8) is 0 Å². The van der Waals surface area contributed by atoms with Gasteiger partial charge in [-0.15, -0.1) is 36.2 Å². The normalized spacial score (nSPS) is 20.0. The van der Waals surface area contributed by atoms with Crippen LogP contribution in [0, 0.1) is 5.92 Å². The molecule has 24 heavy (non-hydrogen) atoms. The number of nitrogens with zero attached hydrogens (tertiary/aromatic N) is 2. The number of nitrogens with two attached hydrogens (primary N) is 1. The van der Waals surface area contributed by atoms with E-state index in [9.17, 15) is 4.79 Å². The van der Waals surface area contributed by atoms with E-state index in [0.29, 0.717) is 12.5 Å². The molecule has 0 radical (unpaired) electrons. The van der Waals surface area contributed by atoms with Crippen LogP contribution in [0.1, 0.15) is 30.1 Å². The molecule has 0 bridgehead atoms. The second kappa shape index (κ2) is 9.37. The first-order valence-corrected chi connectivity index (χ1v) is 8.63. The number of aromatic nitrogens is 1. The number of carbonyl (C=O) groups excluding carboxylic acids is 1. The second-order valence-corrected chi connectivity index (χ2v) is 6.69. The number of rotatable bonds is 3. The molecule has 0 saturated carbocycles. The Morgan fingerprint density at radius 1 is 1.42 bits per heavy atom. The van der Waals surface area contributed by atoms with Crippen molar-refractivity contribution in [3.05, 3.63) is 40.7 Å². The van der Waals surface area contributed by atoms with Gasteiger partial charge in [0.25, 0.3) is 5.91 Å². The minimum atomic E-state index is 0. The monoisotopic (exact) mass is 387 g/mol. The van der Waals surface area contributed by atoms with Gasteiger partial charge in [-0.1, -0.05) is 19.1 Å². The molecule has 0 spiro atoms. The van der Waals surface area contributed by atoms with Gasteiger partial charge < -0.3 is 10.6 Å². The molecule has 7 heteroatoms. The lowest BCUT2D eigenvalue weighted by molar-refractivity contribution is 0.0573. The van der Waals surface area contributed by atoms with Gasteiger partial charge in [0.2, 0.25) is 0 Å². The third-order valence-corrected chi connectivity index (χ3v) is 4.94. The third kappa shape index (κ3) is 4.48. The van der Waals surface area contributed by atoms with E-state index < -0.39 is 0 Å². The summed E-state index contributed by atoms with van der Waals surface area (Å²) in [7, 11) is 0. The number of hydrogen-bond acceptors (Lipinski definition) is 4. The van der Waals surface area contributed by atoms with Gasteiger partial charge >= 0.3 is 0 Å². The van der Waals surface area contributed by atoms with Crippen molar-refractivity contribution in [2.75, 3.05) is 13.1 Å². The molecule has 2 atom stereocenters. The topological polar surface area (TPSA) is 59.2 Å². The zero-order chi connectivity index (χ0) is 15.5. The highest BCUT2D eigenvalue weighted by Crippen LogP contribution is 2.25. The molecule has 2 N–H and O–H groups in total. The van der Waals surface area contributed by atoms with Crippen molar-refractivity contribution >= 4 is 42.1 Å². The highest BCUT2D eigenvalue weighted by molar-refractivity contribution is 7.07. The number of hydrogen-bond donors (Lipinski definition) is 1. The molecular formula is C17H23Cl2N3OS. The van der Waals surface area contributed by atoms with Gasteiger partial charge in [-0.25, -0.2) is 4.98 Å². The molecule has 132 valence electrons. The lowest BCUT2D eigenvalue weighted by Gasteiger charge is -2.38. The fraction of sp³-hybridized carbons (Fsp3) is 0.412. The Balaban J connectivity index is 0.00000144. The lowest BCUT2D eigenvalue weighted by Crippen LogP contribution is -2.49. The maximum atomic E-state index is 12.9. The Hall–Kier alpha value is -1.14. The predicted molar refractivity (Wildman–Crippen MR) is 104 cm³/mol. The Morgan fingerprint density at radius 3 is 2.88 bits per heavy atom. The smallest absolute Gasteiger partial charge is 0.254 e. The number of benzene rings is 1. The predicted octanol–water partition coefficient (Wildman–Crippen LogP) is 3.85. The summed E-state index contributed by atoms with van der Waals surface area (Å²) in [6, 6.07) is 7.88. The van der Waals surface area contributed by atoms with Crippen LogP contribution in [0.5, 0.6) is 0 Å². The van der Waals surface area contributed by atoms with Crippen LogP contribution in [0.2, 0.25) is 0 Å². The molecule has 1 aliphatic heterocycles. The van der Waals surface area contributed by atoms with Crippen LogP contribution in [0.15, 0.2) is 35.2 Å². The Labute approximate surface area is 159 Å². The van der Waals surface area contributed by atoms with E-state index in [4.69, 9.17) is 5.73 Å². The molecule has 0 aliphatic carbocycles. The first-order valence-electron chi connectivity index (χ1n) is 7.68. The van der Waals surface area contributed by atoms with Gasteiger partial charge in [-0.05, 0) is 30.9 Å². The van der Waals surface area contributed by atoms with Gasteiger partial charge in [0, 0.05) is 35.6 Å². The molecule has 2 heterocycles. The van der Waals surface area contributed by atoms with E-state index in [1.165, 1.54) is 0 Å². The SMILES string of the molecule is CC1CCN(C(=O)c2cccc(-c3cscn3)c2)C(CN)C1.Cl.Cl. The van der Waals surface area contributed by atoms with Crippen LogP contribution in [0.4, 0.5) is 0 Å². The Bertz CT molecular complexity index is 651. The average Bonchev–Trinajstić information content (AvgIpc) is 3.08. The number of amides is 1. The summed E-state index contributed by atoms with van der Waals surface area (Å²) in [6.07, 6.45) is 2.04. The minimum Gasteiger partial charge on any atom is -0.334 e. The van der Waals surface area contributed by atoms with Gasteiger partial charge in [0.05, 0.1) is 11.2 Å². The maximum absolute atomic E-state index is 12.9. The standard InChI is InChI=1S/C17H21N3OS.2ClH/c1-12-5-6-20(15(7-12)9-18)17(21)14-4-2-3-13(8-14)16-10-22-11-19-16;;/h2-4,8,10-12,15H,5-7,9,18H2,1H3;2*1H. The summed E-state index contributed by atoms with van der Waals surface area (Å²) in [5, 5.41) is 1.99. The van der Waals surface area contributed by atoms with Crippen molar-refractivity contribution < 1.29 is 4.79 Å². The molecule has 2 unspecified atom stereocenters. The highest BCUT2D eigenvalue weighted by Gasteiger charge is 2.29. The molecule has 3 rings (SSSR count). The molecule has 4 nitrogen and oxygen atoms in total. The fourth-order valence-electron chi connectivity index (χ4n) is 3.07. The third-order valence-electron chi connectivity index (χ3n) is 4.35. The van der Waals surface area contributed by atoms with E-state index in [2.05, 4.69) is 11.9 Å². The van der Waals surface area contributed by atoms with Gasteiger partial charge in [0.1, 0.15) is 0 Å². The zero-order valence-electron chi connectivity index (χ0n) is 13.6. The summed E-state index contributed by atoms with van der Waals surface area (Å²) in [5.41, 5.74) is 10.3. The first-order chi connectivity index (χ1) is 10.7. The number of carbonyl (C=O) groups is 1. The molecule has 1 fully saturated rings. The first kappa shape index (κ1) is 20.9. The molecule has 1 saturated heterocycles. The van der Waals surface area contributed by atoms with E-state index in [1.807, 2.05) is 34.5 Å². The summed E-state index contributed by atoms with van der Waals surface area (Å²) < 4.78 is 0. The number of piperidine rings is 1. The van der Waals surface area contributed by atoms with Gasteiger partial charge in [-0.3, -0.25) is 4.79 Å². The average molecular weight is 388 g/mol. The van der Waals surface area contributed by atoms with E-state index in [-0.39, 0.29) is 36.8 Å². The summed E-state index contributed by atoms with van der Waals surface area (Å²) in [4.78, 5) is 19.1. The van der Waals surface area contributed by atoms with E-state index in [0.717, 1.165) is 36.2 Å². The quantitative estimate of drug-likeness (QED) is 0.869. The zero-order valence-corrected chi connectivity index (χ0v) is 16.0. The van der Waals surface area contributed by atoms with Crippen LogP contribution < -0.4 is 5.73 Å². The molecule has 1 aliphatic rings. The number of thiazole rings is 1. The molecule has 1 amide bonds. The van der Waals surface area contributed by atoms with Crippen LogP contribution in [0.25, 0.3) is 11.3 Å². The van der Waals surface area contributed by atoms with Crippen molar-refractivity contribution in [2.45, 2.75) is 25.8 Å². The second-order valence-electron chi connectivity index (χ2n) is 5.97. The Morgan fingerprint density at radius 2 is 2.21 bits per heavy atom. The Kier molecular flexibility index (Phi) is 8.16. The number of halogens is 2. The van der Waals surface area contributed by atoms with Crippen LogP contribution in [0.3, 0.4) is 0 Å². The van der Waals surface area contributed by atoms with Crippen LogP contribution >= 0.6 is 36.2 Å². The summed E-state index contributed by atoms with van der Waals surface area (Å²) in [5.74, 6) is 0.721. The van der Waals surface area contributed by atoms with Gasteiger partial charge in [0.15, 0.2) is 0 Å². The van der Waals surface area contributed by atoms with E-state index >= 15 is 0 Å².